The molecule has 3 nitrogen and oxygen atoms in total. The summed E-state index contributed by atoms with van der Waals surface area (Å²) >= 11 is 0. The fourth-order valence-electron chi connectivity index (χ4n) is 0.921. The molecule has 0 atom stereocenters. The van der Waals surface area contributed by atoms with Crippen LogP contribution in [0.25, 0.3) is 0 Å². The van der Waals surface area contributed by atoms with Gasteiger partial charge in [0.15, 0.2) is 0 Å². The lowest BCUT2D eigenvalue weighted by atomic mass is 10.2. The molecule has 3 heteroatoms. The summed E-state index contributed by atoms with van der Waals surface area (Å²) in [5.41, 5.74) is 1.13. The van der Waals surface area contributed by atoms with Crippen molar-refractivity contribution in [2.75, 3.05) is 6.54 Å². The van der Waals surface area contributed by atoms with Crippen molar-refractivity contribution in [2.45, 2.75) is 6.42 Å². The topological polar surface area (TPSA) is 42.0 Å². The van der Waals surface area contributed by atoms with Gasteiger partial charge in [-0.3, -0.25) is 9.78 Å². The summed E-state index contributed by atoms with van der Waals surface area (Å²) in [5.74, 6) is 1.62. The number of rotatable bonds is 3. The Balaban J connectivity index is 2.29. The number of aromatic nitrogens is 1. The molecule has 66 valence electrons. The molecule has 0 radical (unpaired) electrons. The van der Waals surface area contributed by atoms with Crippen LogP contribution in [-0.2, 0) is 11.2 Å². The summed E-state index contributed by atoms with van der Waals surface area (Å²) in [6.07, 6.45) is 9.09. The highest BCUT2D eigenvalue weighted by atomic mass is 16.1. The molecule has 0 saturated carbocycles. The molecule has 0 fully saturated rings. The number of terminal acetylenes is 1. The minimum Gasteiger partial charge on any atom is -0.345 e. The molecule has 1 N–H and O–H groups in total. The number of carbonyl (C=O) groups is 1. The number of nitrogens with one attached hydrogen (secondary N) is 1. The number of hydrogen-bond acceptors (Lipinski definition) is 2. The van der Waals surface area contributed by atoms with Gasteiger partial charge in [-0.05, 0) is 30.0 Å². The Labute approximate surface area is 77.2 Å². The highest BCUT2D eigenvalue weighted by Crippen LogP contribution is 1.95. The standard InChI is InChI=1S/C10H10N2O/c1-2-10(13)12-8-5-9-3-6-11-7-4-9/h1,3-4,6-7H,5,8H2,(H,12,13). The third-order valence-electron chi connectivity index (χ3n) is 1.58. The zero-order valence-corrected chi connectivity index (χ0v) is 7.16. The normalized spacial score (nSPS) is 8.85. The SMILES string of the molecule is C#CC(=O)NCCc1ccncc1. The van der Waals surface area contributed by atoms with E-state index in [1.807, 2.05) is 18.1 Å². The van der Waals surface area contributed by atoms with Crippen LogP contribution in [0.15, 0.2) is 24.5 Å². The van der Waals surface area contributed by atoms with E-state index in [1.54, 1.807) is 12.4 Å². The van der Waals surface area contributed by atoms with Gasteiger partial charge in [0.25, 0.3) is 5.91 Å². The first-order chi connectivity index (χ1) is 6.33. The molecule has 0 saturated heterocycles. The molecule has 0 aromatic carbocycles. The summed E-state index contributed by atoms with van der Waals surface area (Å²) in [5, 5.41) is 2.59. The van der Waals surface area contributed by atoms with Gasteiger partial charge in [-0.2, -0.15) is 0 Å². The van der Waals surface area contributed by atoms with Crippen LogP contribution in [0.5, 0.6) is 0 Å². The lowest BCUT2D eigenvalue weighted by Crippen LogP contribution is -2.23. The Morgan fingerprint density at radius 2 is 2.23 bits per heavy atom. The van der Waals surface area contributed by atoms with Crippen molar-refractivity contribution in [3.63, 3.8) is 0 Å². The van der Waals surface area contributed by atoms with Crippen molar-refractivity contribution in [1.29, 1.82) is 0 Å². The van der Waals surface area contributed by atoms with E-state index in [2.05, 4.69) is 10.3 Å². The second-order valence-corrected chi connectivity index (χ2v) is 2.51. The van der Waals surface area contributed by atoms with Gasteiger partial charge in [0, 0.05) is 18.9 Å². The highest BCUT2D eigenvalue weighted by molar-refractivity contribution is 5.92. The predicted molar refractivity (Wildman–Crippen MR) is 49.8 cm³/mol. The zero-order chi connectivity index (χ0) is 9.52. The van der Waals surface area contributed by atoms with E-state index in [0.717, 1.165) is 12.0 Å². The number of carbonyl (C=O) groups excluding carboxylic acids is 1. The van der Waals surface area contributed by atoms with Gasteiger partial charge in [-0.25, -0.2) is 0 Å². The van der Waals surface area contributed by atoms with E-state index in [-0.39, 0.29) is 5.91 Å². The van der Waals surface area contributed by atoms with Crippen LogP contribution in [0.4, 0.5) is 0 Å². The molecule has 13 heavy (non-hydrogen) atoms. The van der Waals surface area contributed by atoms with E-state index in [4.69, 9.17) is 6.42 Å². The second-order valence-electron chi connectivity index (χ2n) is 2.51. The van der Waals surface area contributed by atoms with Gasteiger partial charge in [-0.1, -0.05) is 0 Å². The monoisotopic (exact) mass is 174 g/mol. The average Bonchev–Trinajstić information content (AvgIpc) is 2.19. The Hall–Kier alpha value is -1.82. The minimum absolute atomic E-state index is 0.367. The molecule has 0 bridgehead atoms. The Morgan fingerprint density at radius 1 is 1.54 bits per heavy atom. The molecule has 1 amide bonds. The van der Waals surface area contributed by atoms with Gasteiger partial charge in [0.05, 0.1) is 0 Å². The number of hydrogen-bond donors (Lipinski definition) is 1. The number of pyridine rings is 1. The lowest BCUT2D eigenvalue weighted by Gasteiger charge is -2.00. The third kappa shape index (κ3) is 3.39. The van der Waals surface area contributed by atoms with E-state index in [1.165, 1.54) is 0 Å². The fourth-order valence-corrected chi connectivity index (χ4v) is 0.921. The number of nitrogens with zero attached hydrogens (tertiary/aromatic N) is 1. The smallest absolute Gasteiger partial charge is 0.295 e. The molecule has 0 aliphatic rings. The van der Waals surface area contributed by atoms with Crippen molar-refractivity contribution in [3.8, 4) is 12.3 Å². The van der Waals surface area contributed by atoms with Crippen LogP contribution in [0.3, 0.4) is 0 Å². The van der Waals surface area contributed by atoms with Gasteiger partial charge < -0.3 is 5.32 Å². The molecule has 1 heterocycles. The Kier molecular flexibility index (Phi) is 3.52. The maximum atomic E-state index is 10.6. The molecule has 1 rings (SSSR count). The summed E-state index contributed by atoms with van der Waals surface area (Å²) in [7, 11) is 0. The van der Waals surface area contributed by atoms with Crippen LogP contribution in [0, 0.1) is 12.3 Å². The Morgan fingerprint density at radius 3 is 2.85 bits per heavy atom. The zero-order valence-electron chi connectivity index (χ0n) is 7.16. The summed E-state index contributed by atoms with van der Waals surface area (Å²) in [4.78, 5) is 14.5. The van der Waals surface area contributed by atoms with Crippen molar-refractivity contribution >= 4 is 5.91 Å². The molecule has 0 aliphatic heterocycles. The molecule has 1 aromatic heterocycles. The molecule has 1 aromatic rings. The highest BCUT2D eigenvalue weighted by Gasteiger charge is 1.94. The van der Waals surface area contributed by atoms with Crippen LogP contribution >= 0.6 is 0 Å². The second kappa shape index (κ2) is 4.94. The van der Waals surface area contributed by atoms with Gasteiger partial charge in [0.2, 0.25) is 0 Å². The molecule has 0 aliphatic carbocycles. The molecule has 0 spiro atoms. The number of amides is 1. The van der Waals surface area contributed by atoms with Crippen molar-refractivity contribution in [2.24, 2.45) is 0 Å². The summed E-state index contributed by atoms with van der Waals surface area (Å²) < 4.78 is 0. The largest absolute Gasteiger partial charge is 0.345 e. The average molecular weight is 174 g/mol. The van der Waals surface area contributed by atoms with E-state index < -0.39 is 0 Å². The summed E-state index contributed by atoms with van der Waals surface area (Å²) in [6, 6.07) is 3.81. The van der Waals surface area contributed by atoms with Gasteiger partial charge >= 0.3 is 0 Å². The van der Waals surface area contributed by atoms with Crippen LogP contribution in [-0.4, -0.2) is 17.4 Å². The first-order valence-corrected chi connectivity index (χ1v) is 3.96. The third-order valence-corrected chi connectivity index (χ3v) is 1.58. The van der Waals surface area contributed by atoms with Crippen LogP contribution in [0.2, 0.25) is 0 Å². The van der Waals surface area contributed by atoms with E-state index >= 15 is 0 Å². The van der Waals surface area contributed by atoms with Crippen molar-refractivity contribution < 1.29 is 4.79 Å². The van der Waals surface area contributed by atoms with Gasteiger partial charge in [-0.15, -0.1) is 6.42 Å². The van der Waals surface area contributed by atoms with Crippen LogP contribution < -0.4 is 5.32 Å². The maximum absolute atomic E-state index is 10.6. The van der Waals surface area contributed by atoms with Crippen molar-refractivity contribution in [3.05, 3.63) is 30.1 Å². The first kappa shape index (κ1) is 9.27. The van der Waals surface area contributed by atoms with E-state index in [9.17, 15) is 4.79 Å². The summed E-state index contributed by atoms with van der Waals surface area (Å²) in [6.45, 7) is 0.563. The van der Waals surface area contributed by atoms with Gasteiger partial charge in [0.1, 0.15) is 0 Å². The van der Waals surface area contributed by atoms with E-state index in [0.29, 0.717) is 6.54 Å². The van der Waals surface area contributed by atoms with Crippen molar-refractivity contribution in [1.82, 2.24) is 10.3 Å². The maximum Gasteiger partial charge on any atom is 0.295 e. The minimum atomic E-state index is -0.367. The molecular formula is C10H10N2O. The molecule has 0 unspecified atom stereocenters. The Bertz CT molecular complexity index is 313. The molecular weight excluding hydrogens is 164 g/mol. The van der Waals surface area contributed by atoms with Crippen LogP contribution in [0.1, 0.15) is 5.56 Å². The quantitative estimate of drug-likeness (QED) is 0.673. The lowest BCUT2D eigenvalue weighted by molar-refractivity contribution is -0.115. The first-order valence-electron chi connectivity index (χ1n) is 3.96. The fraction of sp³-hybridized carbons (Fsp3) is 0.200. The predicted octanol–water partition coefficient (Wildman–Crippen LogP) is 0.373.